The fourth-order valence-electron chi connectivity index (χ4n) is 6.74. The van der Waals surface area contributed by atoms with Gasteiger partial charge in [0.05, 0.1) is 0 Å². The summed E-state index contributed by atoms with van der Waals surface area (Å²) in [7, 11) is 0. The fourth-order valence-corrected chi connectivity index (χ4v) is 6.74. The van der Waals surface area contributed by atoms with Crippen molar-refractivity contribution < 1.29 is 38.5 Å². The molecule has 0 amide bonds. The molecule has 1 saturated heterocycles. The third kappa shape index (κ3) is 25.1. The molecule has 0 saturated carbocycles. The van der Waals surface area contributed by atoms with E-state index >= 15 is 0 Å². The van der Waals surface area contributed by atoms with Crippen molar-refractivity contribution in [3.8, 4) is 0 Å². The van der Waals surface area contributed by atoms with Crippen LogP contribution in [0.3, 0.4) is 0 Å². The van der Waals surface area contributed by atoms with Crippen molar-refractivity contribution in [1.29, 1.82) is 0 Å². The Labute approximate surface area is 305 Å². The Bertz CT molecular complexity index is 859. The van der Waals surface area contributed by atoms with E-state index in [2.05, 4.69) is 13.8 Å². The van der Waals surface area contributed by atoms with Crippen LogP contribution >= 0.6 is 0 Å². The molecule has 0 aliphatic carbocycles. The molecule has 0 bridgehead atoms. The molecule has 50 heavy (non-hydrogen) atoms. The molecule has 0 spiro atoms. The molecule has 1 heterocycles. The SMILES string of the molecule is CCCCCCCCCCCCCCCCCC(=O)OC[C@H](O)[C@H]1OC(=O)C(=O)C1OC(=O)CCCCCCCCCCCCCCCCC. The van der Waals surface area contributed by atoms with Crippen molar-refractivity contribution in [2.75, 3.05) is 6.61 Å². The number of carbonyl (C=O) groups is 4. The molecule has 1 fully saturated rings. The van der Waals surface area contributed by atoms with E-state index < -0.39 is 48.6 Å². The molecule has 1 unspecified atom stereocenters. The lowest BCUT2D eigenvalue weighted by Crippen LogP contribution is -2.42. The van der Waals surface area contributed by atoms with Crippen LogP contribution in [0.4, 0.5) is 0 Å². The molecule has 8 heteroatoms. The van der Waals surface area contributed by atoms with Gasteiger partial charge in [0.2, 0.25) is 6.10 Å². The van der Waals surface area contributed by atoms with Crippen molar-refractivity contribution in [3.63, 3.8) is 0 Å². The topological polar surface area (TPSA) is 116 Å². The van der Waals surface area contributed by atoms with Gasteiger partial charge in [0.15, 0.2) is 6.10 Å². The Hall–Kier alpha value is -1.96. The van der Waals surface area contributed by atoms with Gasteiger partial charge in [-0.3, -0.25) is 14.4 Å². The van der Waals surface area contributed by atoms with Gasteiger partial charge in [0.1, 0.15) is 12.7 Å². The summed E-state index contributed by atoms with van der Waals surface area (Å²) in [5.74, 6) is -3.19. The Morgan fingerprint density at radius 1 is 0.540 bits per heavy atom. The lowest BCUT2D eigenvalue weighted by molar-refractivity contribution is -0.165. The highest BCUT2D eigenvalue weighted by Crippen LogP contribution is 2.21. The second-order valence-electron chi connectivity index (χ2n) is 14.8. The molecule has 0 aromatic carbocycles. The Balaban J connectivity index is 2.07. The molecule has 0 radical (unpaired) electrons. The predicted octanol–water partition coefficient (Wildman–Crippen LogP) is 10.8. The van der Waals surface area contributed by atoms with Gasteiger partial charge in [-0.25, -0.2) is 4.79 Å². The number of esters is 3. The molecule has 8 nitrogen and oxygen atoms in total. The summed E-state index contributed by atoms with van der Waals surface area (Å²) in [4.78, 5) is 48.9. The highest BCUT2D eigenvalue weighted by atomic mass is 16.6. The number of carbonyl (C=O) groups excluding carboxylic acids is 4. The second kappa shape index (κ2) is 32.9. The number of ketones is 1. The van der Waals surface area contributed by atoms with E-state index in [1.54, 1.807) is 0 Å². The molecule has 292 valence electrons. The maximum atomic E-state index is 12.4. The van der Waals surface area contributed by atoms with Crippen LogP contribution in [0.2, 0.25) is 0 Å². The van der Waals surface area contributed by atoms with E-state index in [1.807, 2.05) is 0 Å². The normalized spacial score (nSPS) is 16.5. The van der Waals surface area contributed by atoms with Crippen LogP contribution in [-0.4, -0.2) is 53.7 Å². The minimum absolute atomic E-state index is 0.132. The van der Waals surface area contributed by atoms with Crippen molar-refractivity contribution >= 4 is 23.7 Å². The molecule has 1 rings (SSSR count). The number of cyclic esters (lactones) is 1. The summed E-state index contributed by atoms with van der Waals surface area (Å²) in [6.45, 7) is 4.07. The zero-order valence-corrected chi connectivity index (χ0v) is 32.4. The summed E-state index contributed by atoms with van der Waals surface area (Å²) in [6.07, 6.45) is 32.9. The summed E-state index contributed by atoms with van der Waals surface area (Å²) in [5.41, 5.74) is 0. The number of hydrogen-bond acceptors (Lipinski definition) is 8. The van der Waals surface area contributed by atoms with Crippen LogP contribution in [0.1, 0.15) is 219 Å². The van der Waals surface area contributed by atoms with E-state index in [-0.39, 0.29) is 12.8 Å². The maximum Gasteiger partial charge on any atom is 0.379 e. The lowest BCUT2D eigenvalue weighted by atomic mass is 10.0. The number of unbranched alkanes of at least 4 members (excludes halogenated alkanes) is 28. The van der Waals surface area contributed by atoms with Gasteiger partial charge in [-0.1, -0.05) is 194 Å². The van der Waals surface area contributed by atoms with Crippen molar-refractivity contribution in [3.05, 3.63) is 0 Å². The summed E-state index contributed by atoms with van der Waals surface area (Å²) in [5, 5.41) is 10.5. The minimum atomic E-state index is -1.52. The monoisotopic (exact) mass is 709 g/mol. The van der Waals surface area contributed by atoms with Gasteiger partial charge in [0, 0.05) is 12.8 Å². The van der Waals surface area contributed by atoms with Crippen LogP contribution in [0.5, 0.6) is 0 Å². The first-order valence-corrected chi connectivity index (χ1v) is 21.2. The first-order valence-electron chi connectivity index (χ1n) is 21.2. The molecule has 0 aromatic rings. The summed E-state index contributed by atoms with van der Waals surface area (Å²) < 4.78 is 15.5. The van der Waals surface area contributed by atoms with Gasteiger partial charge in [-0.2, -0.15) is 0 Å². The van der Waals surface area contributed by atoms with Crippen molar-refractivity contribution in [1.82, 2.24) is 0 Å². The highest BCUT2D eigenvalue weighted by Gasteiger charge is 2.50. The van der Waals surface area contributed by atoms with E-state index in [4.69, 9.17) is 14.2 Å². The molecule has 0 aromatic heterocycles. The standard InChI is InChI=1S/C42H76O8/c1-3-5-7-9-11-13-15-17-19-21-23-25-27-29-31-33-37(44)48-35-36(43)40-41(39(46)42(47)50-40)49-38(45)34-32-30-28-26-24-22-20-18-16-14-12-10-8-6-4-2/h36,40-41,43H,3-35H2,1-2H3/t36-,40+,41?/m0/s1. The minimum Gasteiger partial charge on any atom is -0.463 e. The van der Waals surface area contributed by atoms with Crippen molar-refractivity contribution in [2.45, 2.75) is 238 Å². The first kappa shape index (κ1) is 46.1. The highest BCUT2D eigenvalue weighted by molar-refractivity contribution is 6.37. The first-order chi connectivity index (χ1) is 24.4. The number of aliphatic hydroxyl groups excluding tert-OH is 1. The third-order valence-electron chi connectivity index (χ3n) is 10.0. The average Bonchev–Trinajstić information content (AvgIpc) is 3.39. The average molecular weight is 709 g/mol. The van der Waals surface area contributed by atoms with Crippen LogP contribution in [-0.2, 0) is 33.4 Å². The van der Waals surface area contributed by atoms with Gasteiger partial charge >= 0.3 is 17.9 Å². The zero-order chi connectivity index (χ0) is 36.5. The number of Topliss-reactive ketones (excluding diaryl/α,β-unsaturated/α-hetero) is 1. The fraction of sp³-hybridized carbons (Fsp3) is 0.905. The summed E-state index contributed by atoms with van der Waals surface area (Å²) >= 11 is 0. The predicted molar refractivity (Wildman–Crippen MR) is 201 cm³/mol. The maximum absolute atomic E-state index is 12.4. The van der Waals surface area contributed by atoms with Crippen LogP contribution < -0.4 is 0 Å². The zero-order valence-electron chi connectivity index (χ0n) is 32.4. The quantitative estimate of drug-likeness (QED) is 0.0296. The van der Waals surface area contributed by atoms with Gasteiger partial charge < -0.3 is 19.3 Å². The Morgan fingerprint density at radius 2 is 0.860 bits per heavy atom. The number of rotatable bonds is 36. The third-order valence-corrected chi connectivity index (χ3v) is 10.0. The van der Waals surface area contributed by atoms with Crippen LogP contribution in [0, 0.1) is 0 Å². The van der Waals surface area contributed by atoms with E-state index in [9.17, 15) is 24.3 Å². The van der Waals surface area contributed by atoms with E-state index in [0.29, 0.717) is 12.8 Å². The lowest BCUT2D eigenvalue weighted by Gasteiger charge is -2.21. The van der Waals surface area contributed by atoms with E-state index in [1.165, 1.54) is 148 Å². The molecule has 1 aliphatic rings. The van der Waals surface area contributed by atoms with Gasteiger partial charge in [-0.05, 0) is 12.8 Å². The smallest absolute Gasteiger partial charge is 0.379 e. The van der Waals surface area contributed by atoms with Crippen molar-refractivity contribution in [2.24, 2.45) is 0 Å². The number of hydrogen-bond donors (Lipinski definition) is 1. The van der Waals surface area contributed by atoms with Gasteiger partial charge in [-0.15, -0.1) is 0 Å². The van der Waals surface area contributed by atoms with Crippen LogP contribution in [0.15, 0.2) is 0 Å². The van der Waals surface area contributed by atoms with E-state index in [0.717, 1.165) is 32.1 Å². The summed E-state index contributed by atoms with van der Waals surface area (Å²) in [6, 6.07) is 0. The molecular formula is C42H76O8. The molecule has 1 N–H and O–H groups in total. The largest absolute Gasteiger partial charge is 0.463 e. The van der Waals surface area contributed by atoms with Gasteiger partial charge in [0.25, 0.3) is 5.78 Å². The molecule has 1 aliphatic heterocycles. The van der Waals surface area contributed by atoms with Crippen LogP contribution in [0.25, 0.3) is 0 Å². The Kier molecular flexibility index (Phi) is 30.3. The Morgan fingerprint density at radius 3 is 1.22 bits per heavy atom. The molecule has 3 atom stereocenters. The number of aliphatic hydroxyl groups is 1. The second-order valence-corrected chi connectivity index (χ2v) is 14.8. The number of ether oxygens (including phenoxy) is 3. The molecular weight excluding hydrogens is 632 g/mol.